The van der Waals surface area contributed by atoms with Gasteiger partial charge in [-0.25, -0.2) is 0 Å². The highest BCUT2D eigenvalue weighted by Crippen LogP contribution is 2.42. The van der Waals surface area contributed by atoms with E-state index in [0.717, 1.165) is 35.3 Å². The van der Waals surface area contributed by atoms with Gasteiger partial charge < -0.3 is 9.84 Å². The average molecular weight is 234 g/mol. The van der Waals surface area contributed by atoms with Gasteiger partial charge in [0.05, 0.1) is 12.2 Å². The molecule has 1 aromatic rings. The maximum atomic E-state index is 10.1. The summed E-state index contributed by atoms with van der Waals surface area (Å²) >= 11 is 0. The monoisotopic (exact) mass is 234 g/mol. The van der Waals surface area contributed by atoms with E-state index in [1.54, 1.807) is 0 Å². The van der Waals surface area contributed by atoms with E-state index < -0.39 is 0 Å². The molecule has 1 saturated carbocycles. The number of aliphatic hydroxyl groups is 1. The first-order valence-electron chi connectivity index (χ1n) is 6.45. The van der Waals surface area contributed by atoms with Crippen molar-refractivity contribution in [3.05, 3.63) is 28.8 Å². The molecule has 2 nitrogen and oxygen atoms in total. The predicted octanol–water partition coefficient (Wildman–Crippen LogP) is 3.53. The van der Waals surface area contributed by atoms with Gasteiger partial charge in [0.2, 0.25) is 0 Å². The van der Waals surface area contributed by atoms with Crippen molar-refractivity contribution >= 4 is 0 Å². The van der Waals surface area contributed by atoms with Crippen LogP contribution in [-0.4, -0.2) is 11.2 Å². The van der Waals surface area contributed by atoms with E-state index in [0.29, 0.717) is 5.92 Å². The summed E-state index contributed by atoms with van der Waals surface area (Å²) in [4.78, 5) is 0. The van der Waals surface area contributed by atoms with Crippen LogP contribution in [0.15, 0.2) is 12.1 Å². The summed E-state index contributed by atoms with van der Waals surface area (Å²) in [6.45, 7) is 8.17. The lowest BCUT2D eigenvalue weighted by molar-refractivity contribution is 0.153. The third-order valence-electron chi connectivity index (χ3n) is 3.25. The number of hydrogen-bond donors (Lipinski definition) is 1. The molecule has 94 valence electrons. The molecule has 0 amide bonds. The van der Waals surface area contributed by atoms with Crippen LogP contribution in [-0.2, 0) is 0 Å². The molecule has 1 N–H and O–H groups in total. The van der Waals surface area contributed by atoms with Crippen molar-refractivity contribution in [2.45, 2.75) is 52.7 Å². The highest BCUT2D eigenvalue weighted by atomic mass is 16.5. The largest absolute Gasteiger partial charge is 0.490 e. The number of ether oxygens (including phenoxy) is 1. The van der Waals surface area contributed by atoms with Crippen LogP contribution in [0.1, 0.15) is 49.5 Å². The highest BCUT2D eigenvalue weighted by Gasteiger charge is 2.31. The minimum atomic E-state index is -0.291. The Morgan fingerprint density at radius 3 is 2.12 bits per heavy atom. The molecule has 1 aliphatic rings. The summed E-state index contributed by atoms with van der Waals surface area (Å²) in [6, 6.07) is 4.13. The number of benzene rings is 1. The topological polar surface area (TPSA) is 29.5 Å². The molecule has 0 spiro atoms. The van der Waals surface area contributed by atoms with Crippen LogP contribution < -0.4 is 4.74 Å². The van der Waals surface area contributed by atoms with Gasteiger partial charge in [-0.2, -0.15) is 0 Å². The standard InChI is InChI=1S/C15H22O2/c1-9(2)17-15-10(3)7-13(8-11(15)4)14(16)12-5-6-12/h7-9,12,14,16H,5-6H2,1-4H3. The molecule has 1 unspecified atom stereocenters. The van der Waals surface area contributed by atoms with Gasteiger partial charge in [0.25, 0.3) is 0 Å². The van der Waals surface area contributed by atoms with Crippen molar-refractivity contribution in [3.63, 3.8) is 0 Å². The van der Waals surface area contributed by atoms with E-state index in [2.05, 4.69) is 12.1 Å². The van der Waals surface area contributed by atoms with Gasteiger partial charge in [0.15, 0.2) is 0 Å². The molecular weight excluding hydrogens is 212 g/mol. The fourth-order valence-corrected chi connectivity index (χ4v) is 2.26. The van der Waals surface area contributed by atoms with E-state index in [-0.39, 0.29) is 12.2 Å². The third kappa shape index (κ3) is 2.81. The van der Waals surface area contributed by atoms with Crippen molar-refractivity contribution < 1.29 is 9.84 Å². The van der Waals surface area contributed by atoms with Crippen molar-refractivity contribution in [2.24, 2.45) is 5.92 Å². The third-order valence-corrected chi connectivity index (χ3v) is 3.25. The SMILES string of the molecule is Cc1cc(C(O)C2CC2)cc(C)c1OC(C)C. The van der Waals surface area contributed by atoms with Crippen LogP contribution >= 0.6 is 0 Å². The zero-order valence-electron chi connectivity index (χ0n) is 11.2. The summed E-state index contributed by atoms with van der Waals surface area (Å²) in [7, 11) is 0. The zero-order chi connectivity index (χ0) is 12.6. The molecule has 0 aromatic heterocycles. The van der Waals surface area contributed by atoms with Crippen LogP contribution in [0, 0.1) is 19.8 Å². The number of hydrogen-bond acceptors (Lipinski definition) is 2. The Balaban J connectivity index is 2.27. The van der Waals surface area contributed by atoms with Crippen LogP contribution in [0.3, 0.4) is 0 Å². The Hall–Kier alpha value is -1.02. The summed E-state index contributed by atoms with van der Waals surface area (Å²) in [5.41, 5.74) is 3.28. The molecule has 1 aliphatic carbocycles. The molecule has 1 atom stereocenters. The van der Waals surface area contributed by atoms with Crippen LogP contribution in [0.4, 0.5) is 0 Å². The summed E-state index contributed by atoms with van der Waals surface area (Å²) in [5.74, 6) is 1.44. The van der Waals surface area contributed by atoms with E-state index >= 15 is 0 Å². The van der Waals surface area contributed by atoms with Gasteiger partial charge in [-0.15, -0.1) is 0 Å². The van der Waals surface area contributed by atoms with Crippen molar-refractivity contribution in [1.29, 1.82) is 0 Å². The fraction of sp³-hybridized carbons (Fsp3) is 0.600. The number of aryl methyl sites for hydroxylation is 2. The molecule has 0 saturated heterocycles. The van der Waals surface area contributed by atoms with E-state index in [1.165, 1.54) is 0 Å². The molecule has 2 heteroatoms. The average Bonchev–Trinajstić information content (AvgIpc) is 3.05. The molecule has 2 rings (SSSR count). The second kappa shape index (κ2) is 4.69. The van der Waals surface area contributed by atoms with E-state index in [9.17, 15) is 5.11 Å². The second-order valence-corrected chi connectivity index (χ2v) is 5.43. The van der Waals surface area contributed by atoms with E-state index in [1.807, 2.05) is 27.7 Å². The molecule has 1 fully saturated rings. The van der Waals surface area contributed by atoms with E-state index in [4.69, 9.17) is 4.74 Å². The van der Waals surface area contributed by atoms with Crippen molar-refractivity contribution in [1.82, 2.24) is 0 Å². The molecule has 0 heterocycles. The van der Waals surface area contributed by atoms with Crippen molar-refractivity contribution in [2.75, 3.05) is 0 Å². The lowest BCUT2D eigenvalue weighted by Gasteiger charge is -2.18. The Morgan fingerprint density at radius 2 is 1.71 bits per heavy atom. The molecule has 0 aliphatic heterocycles. The fourth-order valence-electron chi connectivity index (χ4n) is 2.26. The van der Waals surface area contributed by atoms with Gasteiger partial charge in [0, 0.05) is 0 Å². The second-order valence-electron chi connectivity index (χ2n) is 5.43. The highest BCUT2D eigenvalue weighted by molar-refractivity contribution is 5.44. The Labute approximate surface area is 104 Å². The van der Waals surface area contributed by atoms with Crippen LogP contribution in [0.2, 0.25) is 0 Å². The zero-order valence-corrected chi connectivity index (χ0v) is 11.2. The minimum absolute atomic E-state index is 0.187. The number of aliphatic hydroxyl groups excluding tert-OH is 1. The van der Waals surface area contributed by atoms with Gasteiger partial charge in [-0.05, 0) is 75.3 Å². The maximum Gasteiger partial charge on any atom is 0.125 e. The van der Waals surface area contributed by atoms with Gasteiger partial charge in [0.1, 0.15) is 5.75 Å². The molecule has 1 aromatic carbocycles. The molecule has 0 bridgehead atoms. The van der Waals surface area contributed by atoms with Crippen molar-refractivity contribution in [3.8, 4) is 5.75 Å². The Bertz CT molecular complexity index is 382. The van der Waals surface area contributed by atoms with Crippen LogP contribution in [0.5, 0.6) is 5.75 Å². The van der Waals surface area contributed by atoms with Gasteiger partial charge >= 0.3 is 0 Å². The molecule has 17 heavy (non-hydrogen) atoms. The first-order valence-corrected chi connectivity index (χ1v) is 6.45. The van der Waals surface area contributed by atoms with Crippen LogP contribution in [0.25, 0.3) is 0 Å². The molecule has 0 radical (unpaired) electrons. The smallest absolute Gasteiger partial charge is 0.125 e. The number of rotatable bonds is 4. The summed E-state index contributed by atoms with van der Waals surface area (Å²) in [5, 5.41) is 10.1. The first-order chi connectivity index (χ1) is 7.99. The minimum Gasteiger partial charge on any atom is -0.490 e. The maximum absolute atomic E-state index is 10.1. The Kier molecular flexibility index (Phi) is 3.43. The first kappa shape index (κ1) is 12.4. The van der Waals surface area contributed by atoms with Gasteiger partial charge in [-0.3, -0.25) is 0 Å². The lowest BCUT2D eigenvalue weighted by Crippen LogP contribution is -2.09. The quantitative estimate of drug-likeness (QED) is 0.863. The summed E-state index contributed by atoms with van der Waals surface area (Å²) in [6.07, 6.45) is 2.21. The van der Waals surface area contributed by atoms with Gasteiger partial charge in [-0.1, -0.05) is 0 Å². The normalized spacial score (nSPS) is 17.3. The molecular formula is C15H22O2. The Morgan fingerprint density at radius 1 is 1.18 bits per heavy atom. The lowest BCUT2D eigenvalue weighted by atomic mass is 9.99. The summed E-state index contributed by atoms with van der Waals surface area (Å²) < 4.78 is 5.80. The predicted molar refractivity (Wildman–Crippen MR) is 69.4 cm³/mol.